The van der Waals surface area contributed by atoms with Gasteiger partial charge in [0.1, 0.15) is 5.52 Å². The van der Waals surface area contributed by atoms with Gasteiger partial charge in [-0.3, -0.25) is 0 Å². The van der Waals surface area contributed by atoms with Crippen LogP contribution in [0.4, 0.5) is 5.82 Å². The van der Waals surface area contributed by atoms with E-state index >= 15 is 0 Å². The van der Waals surface area contributed by atoms with E-state index in [2.05, 4.69) is 29.1 Å². The van der Waals surface area contributed by atoms with Crippen LogP contribution >= 0.6 is 0 Å². The molecule has 0 amide bonds. The van der Waals surface area contributed by atoms with Gasteiger partial charge >= 0.3 is 0 Å². The molecule has 2 rings (SSSR count). The molecule has 0 aliphatic rings. The number of nitrogens with zero attached hydrogens (tertiary/aromatic N) is 3. The predicted molar refractivity (Wildman–Crippen MR) is 69.8 cm³/mol. The molecule has 2 heterocycles. The van der Waals surface area contributed by atoms with Crippen molar-refractivity contribution in [2.45, 2.75) is 13.8 Å². The summed E-state index contributed by atoms with van der Waals surface area (Å²) in [5.41, 5.74) is 7.74. The maximum Gasteiger partial charge on any atom is 0.154 e. The molecular weight excluding hydrogens is 214 g/mol. The van der Waals surface area contributed by atoms with E-state index in [-0.39, 0.29) is 5.41 Å². The molecular formula is C12H19N5. The summed E-state index contributed by atoms with van der Waals surface area (Å²) in [6.45, 7) is 5.67. The van der Waals surface area contributed by atoms with Gasteiger partial charge < -0.3 is 15.6 Å². The Hall–Kier alpha value is -1.62. The molecule has 0 aliphatic carbocycles. The first-order valence-corrected chi connectivity index (χ1v) is 5.73. The highest BCUT2D eigenvalue weighted by Gasteiger charge is 2.16. The number of anilines is 1. The second-order valence-electron chi connectivity index (χ2n) is 5.10. The Balaban J connectivity index is 2.25. The number of nitrogens with one attached hydrogen (secondary N) is 1. The second kappa shape index (κ2) is 4.33. The normalized spacial score (nSPS) is 12.0. The van der Waals surface area contributed by atoms with E-state index in [0.717, 1.165) is 23.4 Å². The Morgan fingerprint density at radius 3 is 2.88 bits per heavy atom. The summed E-state index contributed by atoms with van der Waals surface area (Å²) in [7, 11) is 1.98. The van der Waals surface area contributed by atoms with Crippen LogP contribution in [0.25, 0.3) is 11.0 Å². The molecule has 5 nitrogen and oxygen atoms in total. The molecule has 0 unspecified atom stereocenters. The summed E-state index contributed by atoms with van der Waals surface area (Å²) < 4.78 is 1.98. The number of nitrogens with two attached hydrogens (primary N) is 1. The fraction of sp³-hybridized carbons (Fsp3) is 0.500. The van der Waals surface area contributed by atoms with Crippen LogP contribution in [-0.4, -0.2) is 27.6 Å². The van der Waals surface area contributed by atoms with E-state index in [9.17, 15) is 0 Å². The highest BCUT2D eigenvalue weighted by atomic mass is 15.1. The second-order valence-corrected chi connectivity index (χ2v) is 5.10. The lowest BCUT2D eigenvalue weighted by atomic mass is 9.94. The monoisotopic (exact) mass is 233 g/mol. The molecule has 0 aromatic carbocycles. The van der Waals surface area contributed by atoms with Gasteiger partial charge in [-0.2, -0.15) is 0 Å². The fourth-order valence-electron chi connectivity index (χ4n) is 1.59. The lowest BCUT2D eigenvalue weighted by Gasteiger charge is -2.22. The van der Waals surface area contributed by atoms with Crippen molar-refractivity contribution in [1.82, 2.24) is 14.5 Å². The van der Waals surface area contributed by atoms with Crippen LogP contribution in [-0.2, 0) is 7.05 Å². The van der Waals surface area contributed by atoms with Gasteiger partial charge in [-0.1, -0.05) is 13.8 Å². The number of rotatable bonds is 4. The van der Waals surface area contributed by atoms with Crippen LogP contribution < -0.4 is 11.1 Å². The van der Waals surface area contributed by atoms with Crippen molar-refractivity contribution in [3.05, 3.63) is 18.6 Å². The molecule has 0 saturated carbocycles. The Bertz CT molecular complexity index is 515. The SMILES string of the molecule is Cn1cnc2c(NCC(C)(C)CN)nccc21. The van der Waals surface area contributed by atoms with Crippen molar-refractivity contribution < 1.29 is 0 Å². The number of hydrogen-bond donors (Lipinski definition) is 2. The van der Waals surface area contributed by atoms with Crippen LogP contribution in [0.1, 0.15) is 13.8 Å². The topological polar surface area (TPSA) is 68.8 Å². The average Bonchev–Trinajstić information content (AvgIpc) is 2.70. The molecule has 0 atom stereocenters. The first kappa shape index (κ1) is 11.9. The summed E-state index contributed by atoms with van der Waals surface area (Å²) in [4.78, 5) is 8.68. The number of aromatic nitrogens is 3. The average molecular weight is 233 g/mol. The number of fused-ring (bicyclic) bond motifs is 1. The zero-order valence-electron chi connectivity index (χ0n) is 10.6. The van der Waals surface area contributed by atoms with Gasteiger partial charge in [0.25, 0.3) is 0 Å². The first-order valence-electron chi connectivity index (χ1n) is 5.73. The van der Waals surface area contributed by atoms with Crippen molar-refractivity contribution in [1.29, 1.82) is 0 Å². The van der Waals surface area contributed by atoms with Crippen molar-refractivity contribution in [3.63, 3.8) is 0 Å². The van der Waals surface area contributed by atoms with E-state index in [1.807, 2.05) is 17.7 Å². The molecule has 0 bridgehead atoms. The van der Waals surface area contributed by atoms with Gasteiger partial charge in [-0.25, -0.2) is 9.97 Å². The number of aryl methyl sites for hydroxylation is 1. The minimum atomic E-state index is 0.0542. The first-order chi connectivity index (χ1) is 8.03. The smallest absolute Gasteiger partial charge is 0.154 e. The van der Waals surface area contributed by atoms with Crippen LogP contribution in [0.3, 0.4) is 0 Å². The molecule has 0 aliphatic heterocycles. The van der Waals surface area contributed by atoms with Gasteiger partial charge in [-0.15, -0.1) is 0 Å². The molecule has 0 spiro atoms. The van der Waals surface area contributed by atoms with Crippen molar-refractivity contribution >= 4 is 16.9 Å². The zero-order chi connectivity index (χ0) is 12.5. The summed E-state index contributed by atoms with van der Waals surface area (Å²) in [5.74, 6) is 0.824. The van der Waals surface area contributed by atoms with E-state index in [0.29, 0.717) is 6.54 Å². The highest BCUT2D eigenvalue weighted by molar-refractivity contribution is 5.85. The van der Waals surface area contributed by atoms with E-state index in [1.165, 1.54) is 0 Å². The van der Waals surface area contributed by atoms with Crippen LogP contribution in [0.2, 0.25) is 0 Å². The largest absolute Gasteiger partial charge is 0.368 e. The van der Waals surface area contributed by atoms with Crippen LogP contribution in [0.5, 0.6) is 0 Å². The minimum Gasteiger partial charge on any atom is -0.368 e. The fourth-order valence-corrected chi connectivity index (χ4v) is 1.59. The van der Waals surface area contributed by atoms with Crippen molar-refractivity contribution in [3.8, 4) is 0 Å². The summed E-state index contributed by atoms with van der Waals surface area (Å²) in [6, 6.07) is 1.96. The molecule has 3 N–H and O–H groups in total. The Morgan fingerprint density at radius 2 is 2.18 bits per heavy atom. The van der Waals surface area contributed by atoms with Crippen molar-refractivity contribution in [2.24, 2.45) is 18.2 Å². The van der Waals surface area contributed by atoms with Crippen molar-refractivity contribution in [2.75, 3.05) is 18.4 Å². The van der Waals surface area contributed by atoms with Gasteiger partial charge in [-0.05, 0) is 18.0 Å². The van der Waals surface area contributed by atoms with E-state index < -0.39 is 0 Å². The Kier molecular flexibility index (Phi) is 3.02. The minimum absolute atomic E-state index is 0.0542. The molecule has 17 heavy (non-hydrogen) atoms. The van der Waals surface area contributed by atoms with Gasteiger partial charge in [0.2, 0.25) is 0 Å². The van der Waals surface area contributed by atoms with Crippen LogP contribution in [0.15, 0.2) is 18.6 Å². The molecule has 5 heteroatoms. The highest BCUT2D eigenvalue weighted by Crippen LogP contribution is 2.20. The van der Waals surface area contributed by atoms with Gasteiger partial charge in [0.15, 0.2) is 5.82 Å². The van der Waals surface area contributed by atoms with E-state index in [1.54, 1.807) is 12.5 Å². The standard InChI is InChI=1S/C12H19N5/c1-12(2,6-13)7-15-11-10-9(4-5-14-11)17(3)8-16-10/h4-5,8H,6-7,13H2,1-3H3,(H,14,15). The summed E-state index contributed by atoms with van der Waals surface area (Å²) in [6.07, 6.45) is 3.59. The van der Waals surface area contributed by atoms with Gasteiger partial charge in [0.05, 0.1) is 11.8 Å². The lowest BCUT2D eigenvalue weighted by molar-refractivity contribution is 0.405. The molecule has 2 aromatic heterocycles. The Morgan fingerprint density at radius 1 is 1.41 bits per heavy atom. The maximum atomic E-state index is 5.71. The maximum absolute atomic E-state index is 5.71. The quantitative estimate of drug-likeness (QED) is 0.836. The number of pyridine rings is 1. The number of hydrogen-bond acceptors (Lipinski definition) is 4. The molecule has 0 saturated heterocycles. The number of imidazole rings is 1. The molecule has 2 aromatic rings. The summed E-state index contributed by atoms with van der Waals surface area (Å²) >= 11 is 0. The van der Waals surface area contributed by atoms with Gasteiger partial charge in [0, 0.05) is 19.8 Å². The lowest BCUT2D eigenvalue weighted by Crippen LogP contribution is -2.31. The molecule has 0 radical (unpaired) electrons. The zero-order valence-corrected chi connectivity index (χ0v) is 10.6. The third-order valence-electron chi connectivity index (χ3n) is 2.93. The van der Waals surface area contributed by atoms with Crippen LogP contribution in [0, 0.1) is 5.41 Å². The Labute approximate surface area is 101 Å². The molecule has 92 valence electrons. The third-order valence-corrected chi connectivity index (χ3v) is 2.93. The predicted octanol–water partition coefficient (Wildman–Crippen LogP) is 1.37. The molecule has 0 fully saturated rings. The van der Waals surface area contributed by atoms with E-state index in [4.69, 9.17) is 5.73 Å². The summed E-state index contributed by atoms with van der Waals surface area (Å²) in [5, 5.41) is 3.33. The third kappa shape index (κ3) is 2.39.